The monoisotopic (exact) mass is 291 g/mol. The normalized spacial score (nSPS) is 24.2. The van der Waals surface area contributed by atoms with Crippen molar-refractivity contribution >= 4 is 0 Å². The number of hydrogen-bond acceptors (Lipinski definition) is 2. The molecule has 21 heavy (non-hydrogen) atoms. The molecule has 2 rings (SSSR count). The zero-order chi connectivity index (χ0) is 15.2. The molecule has 1 heterocycles. The average Bonchev–Trinajstić information content (AvgIpc) is 2.85. The minimum absolute atomic E-state index is 0.304. The van der Waals surface area contributed by atoms with Crippen LogP contribution >= 0.6 is 0 Å². The molecule has 3 nitrogen and oxygen atoms in total. The van der Waals surface area contributed by atoms with Crippen LogP contribution in [0.3, 0.4) is 0 Å². The number of hydrogen-bond donors (Lipinski definition) is 1. The van der Waals surface area contributed by atoms with Crippen molar-refractivity contribution < 1.29 is 0 Å². The van der Waals surface area contributed by atoms with Crippen molar-refractivity contribution in [3.63, 3.8) is 0 Å². The summed E-state index contributed by atoms with van der Waals surface area (Å²) in [7, 11) is 0. The predicted molar refractivity (Wildman–Crippen MR) is 89.3 cm³/mol. The summed E-state index contributed by atoms with van der Waals surface area (Å²) in [4.78, 5) is 0. The van der Waals surface area contributed by atoms with E-state index in [-0.39, 0.29) is 0 Å². The second-order valence-corrected chi connectivity index (χ2v) is 6.88. The first-order valence-corrected chi connectivity index (χ1v) is 8.92. The molecule has 1 saturated carbocycles. The van der Waals surface area contributed by atoms with Crippen molar-refractivity contribution in [2.24, 2.45) is 17.6 Å². The first-order chi connectivity index (χ1) is 10.1. The van der Waals surface area contributed by atoms with E-state index in [4.69, 9.17) is 5.73 Å². The van der Waals surface area contributed by atoms with Crippen LogP contribution in [0.5, 0.6) is 0 Å². The fourth-order valence-electron chi connectivity index (χ4n) is 3.84. The second-order valence-electron chi connectivity index (χ2n) is 6.88. The lowest BCUT2D eigenvalue weighted by molar-refractivity contribution is 0.229. The lowest BCUT2D eigenvalue weighted by atomic mass is 9.76. The third-order valence-electron chi connectivity index (χ3n) is 5.19. The van der Waals surface area contributed by atoms with Crippen molar-refractivity contribution in [1.82, 2.24) is 9.78 Å². The molecular formula is C18H33N3. The van der Waals surface area contributed by atoms with E-state index in [1.165, 1.54) is 50.6 Å². The largest absolute Gasteiger partial charge is 0.327 e. The van der Waals surface area contributed by atoms with Crippen molar-refractivity contribution in [2.45, 2.75) is 84.7 Å². The summed E-state index contributed by atoms with van der Waals surface area (Å²) in [6.07, 6.45) is 10.6. The van der Waals surface area contributed by atoms with E-state index in [1.807, 2.05) is 0 Å². The SMILES string of the molecule is CCCCC1CCC(C(N)Cc2cc(C)nn2CC)CC1. The first kappa shape index (κ1) is 16.5. The van der Waals surface area contributed by atoms with Crippen molar-refractivity contribution in [3.05, 3.63) is 17.5 Å². The van der Waals surface area contributed by atoms with Gasteiger partial charge in [0, 0.05) is 24.7 Å². The summed E-state index contributed by atoms with van der Waals surface area (Å²) in [5, 5.41) is 4.53. The third kappa shape index (κ3) is 4.57. The zero-order valence-electron chi connectivity index (χ0n) is 14.1. The standard InChI is InChI=1S/C18H33N3/c1-4-6-7-15-8-10-16(11-9-15)18(19)13-17-12-14(3)20-21(17)5-2/h12,15-16,18H,4-11,13,19H2,1-3H3. The van der Waals surface area contributed by atoms with Crippen molar-refractivity contribution in [1.29, 1.82) is 0 Å². The van der Waals surface area contributed by atoms with Crippen LogP contribution < -0.4 is 5.73 Å². The summed E-state index contributed by atoms with van der Waals surface area (Å²) < 4.78 is 2.11. The molecule has 1 fully saturated rings. The summed E-state index contributed by atoms with van der Waals surface area (Å²) in [6, 6.07) is 2.51. The molecule has 0 aromatic carbocycles. The van der Waals surface area contributed by atoms with Gasteiger partial charge >= 0.3 is 0 Å². The maximum Gasteiger partial charge on any atom is 0.0596 e. The van der Waals surface area contributed by atoms with Gasteiger partial charge in [0.05, 0.1) is 5.69 Å². The Balaban J connectivity index is 1.83. The summed E-state index contributed by atoms with van der Waals surface area (Å²) in [5.74, 6) is 1.68. The molecule has 0 aliphatic heterocycles. The lowest BCUT2D eigenvalue weighted by Gasteiger charge is -2.32. The number of unbranched alkanes of at least 4 members (excludes halogenated alkanes) is 1. The Morgan fingerprint density at radius 2 is 2.00 bits per heavy atom. The number of rotatable bonds is 7. The van der Waals surface area contributed by atoms with Crippen molar-refractivity contribution in [3.8, 4) is 0 Å². The van der Waals surface area contributed by atoms with Gasteiger partial charge in [-0.3, -0.25) is 4.68 Å². The molecule has 0 amide bonds. The molecule has 2 N–H and O–H groups in total. The Morgan fingerprint density at radius 1 is 1.29 bits per heavy atom. The van der Waals surface area contributed by atoms with Gasteiger partial charge in [-0.2, -0.15) is 5.10 Å². The number of aryl methyl sites for hydroxylation is 2. The van der Waals surface area contributed by atoms with Gasteiger partial charge in [0.25, 0.3) is 0 Å². The molecule has 0 bridgehead atoms. The third-order valence-corrected chi connectivity index (χ3v) is 5.19. The van der Waals surface area contributed by atoms with Gasteiger partial charge in [-0.05, 0) is 44.6 Å². The Bertz CT molecular complexity index is 416. The Labute approximate surface area is 130 Å². The van der Waals surface area contributed by atoms with Crippen LogP contribution in [-0.2, 0) is 13.0 Å². The highest BCUT2D eigenvalue weighted by atomic mass is 15.3. The van der Waals surface area contributed by atoms with Crippen LogP contribution in [0.15, 0.2) is 6.07 Å². The van der Waals surface area contributed by atoms with Gasteiger partial charge in [0.2, 0.25) is 0 Å². The zero-order valence-corrected chi connectivity index (χ0v) is 14.1. The molecule has 0 saturated heterocycles. The maximum atomic E-state index is 6.52. The number of nitrogens with zero attached hydrogens (tertiary/aromatic N) is 2. The van der Waals surface area contributed by atoms with Crippen LogP contribution in [0.25, 0.3) is 0 Å². The van der Waals surface area contributed by atoms with Crippen molar-refractivity contribution in [2.75, 3.05) is 0 Å². The van der Waals surface area contributed by atoms with E-state index in [2.05, 4.69) is 36.6 Å². The molecule has 120 valence electrons. The van der Waals surface area contributed by atoms with Gasteiger partial charge in [-0.25, -0.2) is 0 Å². The summed E-state index contributed by atoms with van der Waals surface area (Å²) in [6.45, 7) is 7.46. The predicted octanol–water partition coefficient (Wildman–Crippen LogP) is 4.08. The van der Waals surface area contributed by atoms with Gasteiger partial charge < -0.3 is 5.73 Å². The van der Waals surface area contributed by atoms with E-state index in [0.29, 0.717) is 12.0 Å². The molecule has 1 aliphatic carbocycles. The second kappa shape index (κ2) is 7.98. The molecule has 3 heteroatoms. The van der Waals surface area contributed by atoms with Gasteiger partial charge in [0.15, 0.2) is 0 Å². The number of nitrogens with two attached hydrogens (primary N) is 1. The van der Waals surface area contributed by atoms with Crippen LogP contribution in [0.2, 0.25) is 0 Å². The van der Waals surface area contributed by atoms with Crippen LogP contribution in [0.1, 0.15) is 70.2 Å². The quantitative estimate of drug-likeness (QED) is 0.822. The topological polar surface area (TPSA) is 43.8 Å². The fraction of sp³-hybridized carbons (Fsp3) is 0.833. The Hall–Kier alpha value is -0.830. The highest BCUT2D eigenvalue weighted by Gasteiger charge is 2.26. The molecule has 1 unspecified atom stereocenters. The van der Waals surface area contributed by atoms with Crippen LogP contribution in [0, 0.1) is 18.8 Å². The van der Waals surface area contributed by atoms with Crippen LogP contribution in [-0.4, -0.2) is 15.8 Å². The lowest BCUT2D eigenvalue weighted by Crippen LogP contribution is -2.35. The highest BCUT2D eigenvalue weighted by molar-refractivity contribution is 5.10. The molecule has 1 aliphatic rings. The molecular weight excluding hydrogens is 258 g/mol. The molecule has 1 atom stereocenters. The Morgan fingerprint density at radius 3 is 2.62 bits per heavy atom. The fourth-order valence-corrected chi connectivity index (χ4v) is 3.84. The minimum atomic E-state index is 0.304. The summed E-state index contributed by atoms with van der Waals surface area (Å²) >= 11 is 0. The number of aromatic nitrogens is 2. The smallest absolute Gasteiger partial charge is 0.0596 e. The van der Waals surface area contributed by atoms with E-state index in [0.717, 1.165) is 24.6 Å². The molecule has 0 radical (unpaired) electrons. The average molecular weight is 291 g/mol. The highest BCUT2D eigenvalue weighted by Crippen LogP contribution is 2.33. The van der Waals surface area contributed by atoms with E-state index in [1.54, 1.807) is 0 Å². The summed E-state index contributed by atoms with van der Waals surface area (Å²) in [5.41, 5.74) is 8.95. The van der Waals surface area contributed by atoms with E-state index < -0.39 is 0 Å². The van der Waals surface area contributed by atoms with Gasteiger partial charge in [0.1, 0.15) is 0 Å². The van der Waals surface area contributed by atoms with Gasteiger partial charge in [-0.15, -0.1) is 0 Å². The first-order valence-electron chi connectivity index (χ1n) is 8.92. The molecule has 1 aromatic heterocycles. The van der Waals surface area contributed by atoms with E-state index in [9.17, 15) is 0 Å². The van der Waals surface area contributed by atoms with Crippen LogP contribution in [0.4, 0.5) is 0 Å². The Kier molecular flexibility index (Phi) is 6.28. The van der Waals surface area contributed by atoms with E-state index >= 15 is 0 Å². The minimum Gasteiger partial charge on any atom is -0.327 e. The molecule has 1 aromatic rings. The molecule has 0 spiro atoms. The van der Waals surface area contributed by atoms with Gasteiger partial charge in [-0.1, -0.05) is 39.0 Å². The maximum absolute atomic E-state index is 6.52.